The predicted molar refractivity (Wildman–Crippen MR) is 105 cm³/mol. The summed E-state index contributed by atoms with van der Waals surface area (Å²) >= 11 is 0. The highest BCUT2D eigenvalue weighted by atomic mass is 16.4. The van der Waals surface area contributed by atoms with Crippen LogP contribution >= 0.6 is 0 Å². The van der Waals surface area contributed by atoms with Gasteiger partial charge in [0.2, 0.25) is 5.76 Å². The monoisotopic (exact) mass is 367 g/mol. The number of aromatic nitrogens is 1. The Morgan fingerprint density at radius 2 is 2.04 bits per heavy atom. The van der Waals surface area contributed by atoms with Crippen molar-refractivity contribution in [3.63, 3.8) is 0 Å². The molecule has 4 rings (SSSR count). The molecule has 5 heteroatoms. The van der Waals surface area contributed by atoms with Crippen LogP contribution in [0.3, 0.4) is 0 Å². The third kappa shape index (κ3) is 3.93. The molecular weight excluding hydrogens is 338 g/mol. The van der Waals surface area contributed by atoms with Crippen molar-refractivity contribution in [1.29, 1.82) is 0 Å². The number of benzene rings is 1. The van der Waals surface area contributed by atoms with Gasteiger partial charge in [-0.05, 0) is 49.3 Å². The first-order valence-corrected chi connectivity index (χ1v) is 10.2. The number of nitrogens with one attached hydrogen (secondary N) is 1. The van der Waals surface area contributed by atoms with Gasteiger partial charge in [-0.25, -0.2) is 4.98 Å². The predicted octanol–water partition coefficient (Wildman–Crippen LogP) is 3.43. The van der Waals surface area contributed by atoms with Gasteiger partial charge < -0.3 is 9.73 Å². The van der Waals surface area contributed by atoms with Crippen LogP contribution in [0.1, 0.15) is 65.0 Å². The van der Waals surface area contributed by atoms with Crippen molar-refractivity contribution in [3.05, 3.63) is 52.2 Å². The topological polar surface area (TPSA) is 58.4 Å². The van der Waals surface area contributed by atoms with Crippen molar-refractivity contribution < 1.29 is 9.21 Å². The summed E-state index contributed by atoms with van der Waals surface area (Å²) < 4.78 is 5.54. The van der Waals surface area contributed by atoms with Crippen LogP contribution in [0, 0.1) is 6.92 Å². The van der Waals surface area contributed by atoms with E-state index in [1.54, 1.807) is 0 Å². The lowest BCUT2D eigenvalue weighted by molar-refractivity contribution is 0.0920. The van der Waals surface area contributed by atoms with Crippen LogP contribution < -0.4 is 5.32 Å². The Labute approximate surface area is 161 Å². The number of carbonyl (C=O) groups excluding carboxylic acids is 1. The molecule has 0 unspecified atom stereocenters. The van der Waals surface area contributed by atoms with Crippen LogP contribution in [0.4, 0.5) is 0 Å². The maximum absolute atomic E-state index is 12.4. The zero-order valence-corrected chi connectivity index (χ0v) is 16.4. The SMILES string of the molecule is CCc1nc(C)c(C(=O)NCc2ccc3c(c2)CCN(C2CCC2)CC3)o1. The van der Waals surface area contributed by atoms with E-state index in [4.69, 9.17) is 4.42 Å². The molecule has 0 bridgehead atoms. The second-order valence-electron chi connectivity index (χ2n) is 7.78. The van der Waals surface area contributed by atoms with Crippen molar-refractivity contribution in [3.8, 4) is 0 Å². The number of carbonyl (C=O) groups is 1. The van der Waals surface area contributed by atoms with Crippen LogP contribution in [0.25, 0.3) is 0 Å². The lowest BCUT2D eigenvalue weighted by Gasteiger charge is -2.36. The van der Waals surface area contributed by atoms with Gasteiger partial charge in [0, 0.05) is 32.1 Å². The first-order valence-electron chi connectivity index (χ1n) is 10.2. The normalized spacial score (nSPS) is 17.9. The highest BCUT2D eigenvalue weighted by Crippen LogP contribution is 2.27. The molecule has 0 spiro atoms. The summed E-state index contributed by atoms with van der Waals surface area (Å²) in [5.74, 6) is 0.752. The van der Waals surface area contributed by atoms with Crippen molar-refractivity contribution in [2.75, 3.05) is 13.1 Å². The molecule has 144 valence electrons. The average Bonchev–Trinajstić information content (AvgIpc) is 2.89. The molecule has 0 saturated heterocycles. The Kier molecular flexibility index (Phi) is 5.30. The molecule has 1 amide bonds. The quantitative estimate of drug-likeness (QED) is 0.880. The first kappa shape index (κ1) is 18.2. The van der Waals surface area contributed by atoms with Crippen molar-refractivity contribution in [2.24, 2.45) is 0 Å². The minimum absolute atomic E-state index is 0.189. The van der Waals surface area contributed by atoms with E-state index in [-0.39, 0.29) is 5.91 Å². The molecule has 1 aliphatic carbocycles. The van der Waals surface area contributed by atoms with Gasteiger partial charge in [-0.15, -0.1) is 0 Å². The van der Waals surface area contributed by atoms with E-state index in [1.807, 2.05) is 13.8 Å². The van der Waals surface area contributed by atoms with Crippen LogP contribution in [0.2, 0.25) is 0 Å². The molecule has 5 nitrogen and oxygen atoms in total. The fraction of sp³-hybridized carbons (Fsp3) is 0.545. The van der Waals surface area contributed by atoms with E-state index in [2.05, 4.69) is 33.4 Å². The van der Waals surface area contributed by atoms with Crippen LogP contribution in [-0.4, -0.2) is 34.9 Å². The third-order valence-electron chi connectivity index (χ3n) is 6.00. The Morgan fingerprint density at radius 1 is 1.26 bits per heavy atom. The summed E-state index contributed by atoms with van der Waals surface area (Å²) in [6.45, 7) is 6.63. The van der Waals surface area contributed by atoms with E-state index in [1.165, 1.54) is 36.9 Å². The number of fused-ring (bicyclic) bond motifs is 1. The van der Waals surface area contributed by atoms with Gasteiger partial charge in [0.1, 0.15) is 0 Å². The fourth-order valence-electron chi connectivity index (χ4n) is 4.10. The van der Waals surface area contributed by atoms with Gasteiger partial charge >= 0.3 is 0 Å². The maximum atomic E-state index is 12.4. The summed E-state index contributed by atoms with van der Waals surface area (Å²) in [6, 6.07) is 7.47. The Balaban J connectivity index is 1.38. The molecule has 1 N–H and O–H groups in total. The molecule has 1 aliphatic heterocycles. The molecule has 2 aliphatic rings. The number of nitrogens with zero attached hydrogens (tertiary/aromatic N) is 2. The van der Waals surface area contributed by atoms with Crippen molar-refractivity contribution >= 4 is 5.91 Å². The van der Waals surface area contributed by atoms with E-state index in [0.29, 0.717) is 30.3 Å². The highest BCUT2D eigenvalue weighted by Gasteiger charge is 2.26. The molecule has 0 atom stereocenters. The number of hydrogen-bond acceptors (Lipinski definition) is 4. The molecular formula is C22H29N3O2. The fourth-order valence-corrected chi connectivity index (χ4v) is 4.10. The highest BCUT2D eigenvalue weighted by molar-refractivity contribution is 5.92. The number of oxazole rings is 1. The van der Waals surface area contributed by atoms with Crippen LogP contribution in [0.15, 0.2) is 22.6 Å². The first-order chi connectivity index (χ1) is 13.1. The summed E-state index contributed by atoms with van der Waals surface area (Å²) in [5.41, 5.74) is 4.70. The molecule has 2 aromatic rings. The van der Waals surface area contributed by atoms with Crippen molar-refractivity contribution in [1.82, 2.24) is 15.2 Å². The standard InChI is InChI=1S/C22H29N3O2/c1-3-20-24-15(2)21(27-20)22(26)23-14-16-7-8-17-9-11-25(19-5-4-6-19)12-10-18(17)13-16/h7-8,13,19H,3-6,9-12,14H2,1-2H3,(H,23,26). The minimum Gasteiger partial charge on any atom is -0.435 e. The molecule has 1 aromatic carbocycles. The van der Waals surface area contributed by atoms with Gasteiger partial charge in [-0.2, -0.15) is 0 Å². The number of hydrogen-bond donors (Lipinski definition) is 1. The Bertz CT molecular complexity index is 823. The van der Waals surface area contributed by atoms with Crippen LogP contribution in [-0.2, 0) is 25.8 Å². The lowest BCUT2D eigenvalue weighted by atomic mass is 9.91. The number of amides is 1. The molecule has 0 radical (unpaired) electrons. The van der Waals surface area contributed by atoms with E-state index < -0.39 is 0 Å². The largest absolute Gasteiger partial charge is 0.435 e. The van der Waals surface area contributed by atoms with Gasteiger partial charge in [-0.1, -0.05) is 31.5 Å². The maximum Gasteiger partial charge on any atom is 0.289 e. The van der Waals surface area contributed by atoms with Gasteiger partial charge in [0.15, 0.2) is 5.89 Å². The Hall–Kier alpha value is -2.14. The zero-order chi connectivity index (χ0) is 18.8. The minimum atomic E-state index is -0.189. The van der Waals surface area contributed by atoms with E-state index >= 15 is 0 Å². The van der Waals surface area contributed by atoms with Crippen molar-refractivity contribution in [2.45, 2.75) is 65.0 Å². The second kappa shape index (κ2) is 7.85. The molecule has 2 heterocycles. The van der Waals surface area contributed by atoms with E-state index in [9.17, 15) is 4.79 Å². The lowest BCUT2D eigenvalue weighted by Crippen LogP contribution is -2.41. The number of aryl methyl sites for hydroxylation is 2. The van der Waals surface area contributed by atoms with Gasteiger partial charge in [0.25, 0.3) is 5.91 Å². The molecule has 1 aromatic heterocycles. The average molecular weight is 367 g/mol. The van der Waals surface area contributed by atoms with Gasteiger partial charge in [-0.3, -0.25) is 9.69 Å². The van der Waals surface area contributed by atoms with Gasteiger partial charge in [0.05, 0.1) is 5.69 Å². The summed E-state index contributed by atoms with van der Waals surface area (Å²) in [7, 11) is 0. The number of rotatable bonds is 5. The zero-order valence-electron chi connectivity index (χ0n) is 16.4. The third-order valence-corrected chi connectivity index (χ3v) is 6.00. The molecule has 1 fully saturated rings. The second-order valence-corrected chi connectivity index (χ2v) is 7.78. The molecule has 27 heavy (non-hydrogen) atoms. The van der Waals surface area contributed by atoms with E-state index in [0.717, 1.165) is 31.0 Å². The Morgan fingerprint density at radius 3 is 2.70 bits per heavy atom. The summed E-state index contributed by atoms with van der Waals surface area (Å²) in [5, 5.41) is 2.98. The summed E-state index contributed by atoms with van der Waals surface area (Å²) in [4.78, 5) is 19.4. The van der Waals surface area contributed by atoms with Crippen LogP contribution in [0.5, 0.6) is 0 Å². The summed E-state index contributed by atoms with van der Waals surface area (Å²) in [6.07, 6.45) is 7.06. The molecule has 1 saturated carbocycles. The smallest absolute Gasteiger partial charge is 0.289 e.